The molecular formula is C15H29N3O. The fourth-order valence-electron chi connectivity index (χ4n) is 2.99. The maximum Gasteiger partial charge on any atom is 0.223 e. The van der Waals surface area contributed by atoms with Gasteiger partial charge in [0, 0.05) is 31.6 Å². The van der Waals surface area contributed by atoms with Gasteiger partial charge < -0.3 is 15.5 Å². The summed E-state index contributed by atoms with van der Waals surface area (Å²) in [4.78, 5) is 14.7. The van der Waals surface area contributed by atoms with Crippen LogP contribution in [0, 0.1) is 17.8 Å². The van der Waals surface area contributed by atoms with Crippen molar-refractivity contribution in [2.24, 2.45) is 17.8 Å². The van der Waals surface area contributed by atoms with Crippen LogP contribution in [0.3, 0.4) is 0 Å². The SMILES string of the molecule is CC(C)CN1CCC(NC(=O)C(C)C2CNC2)CC1. The minimum Gasteiger partial charge on any atom is -0.353 e. The Morgan fingerprint density at radius 3 is 2.37 bits per heavy atom. The van der Waals surface area contributed by atoms with Crippen LogP contribution in [0.2, 0.25) is 0 Å². The van der Waals surface area contributed by atoms with Crippen molar-refractivity contribution >= 4 is 5.91 Å². The standard InChI is InChI=1S/C15H29N3O/c1-11(2)10-18-6-4-14(5-7-18)17-15(19)12(3)13-8-16-9-13/h11-14,16H,4-10H2,1-3H3,(H,17,19). The van der Waals surface area contributed by atoms with E-state index in [0.717, 1.165) is 44.9 Å². The quantitative estimate of drug-likeness (QED) is 0.783. The van der Waals surface area contributed by atoms with E-state index in [9.17, 15) is 4.79 Å². The van der Waals surface area contributed by atoms with Crippen molar-refractivity contribution in [2.75, 3.05) is 32.7 Å². The molecule has 2 rings (SSSR count). The molecule has 0 bridgehead atoms. The summed E-state index contributed by atoms with van der Waals surface area (Å²) in [6.45, 7) is 12.0. The second-order valence-electron chi connectivity index (χ2n) is 6.68. The molecule has 0 aromatic heterocycles. The summed E-state index contributed by atoms with van der Waals surface area (Å²) in [6.07, 6.45) is 2.21. The predicted octanol–water partition coefficient (Wildman–Crippen LogP) is 1.08. The Bertz CT molecular complexity index is 294. The van der Waals surface area contributed by atoms with E-state index < -0.39 is 0 Å². The van der Waals surface area contributed by atoms with Crippen molar-refractivity contribution in [3.63, 3.8) is 0 Å². The molecule has 1 atom stereocenters. The highest BCUT2D eigenvalue weighted by molar-refractivity contribution is 5.79. The van der Waals surface area contributed by atoms with Gasteiger partial charge in [-0.1, -0.05) is 20.8 Å². The van der Waals surface area contributed by atoms with Gasteiger partial charge in [0.1, 0.15) is 0 Å². The summed E-state index contributed by atoms with van der Waals surface area (Å²) in [6, 6.07) is 0.395. The molecule has 110 valence electrons. The van der Waals surface area contributed by atoms with Crippen molar-refractivity contribution in [1.29, 1.82) is 0 Å². The van der Waals surface area contributed by atoms with E-state index in [2.05, 4.69) is 36.3 Å². The molecule has 1 unspecified atom stereocenters. The van der Waals surface area contributed by atoms with Crippen LogP contribution in [0.1, 0.15) is 33.6 Å². The molecule has 2 fully saturated rings. The first-order chi connectivity index (χ1) is 9.06. The van der Waals surface area contributed by atoms with Crippen molar-refractivity contribution in [2.45, 2.75) is 39.7 Å². The van der Waals surface area contributed by atoms with Gasteiger partial charge in [0.25, 0.3) is 0 Å². The van der Waals surface area contributed by atoms with Gasteiger partial charge in [0.05, 0.1) is 0 Å². The third-order valence-electron chi connectivity index (χ3n) is 4.49. The Hall–Kier alpha value is -0.610. The zero-order chi connectivity index (χ0) is 13.8. The van der Waals surface area contributed by atoms with Crippen molar-refractivity contribution in [3.8, 4) is 0 Å². The zero-order valence-corrected chi connectivity index (χ0v) is 12.6. The molecule has 0 aromatic carbocycles. The highest BCUT2D eigenvalue weighted by Crippen LogP contribution is 2.18. The second-order valence-corrected chi connectivity index (χ2v) is 6.68. The van der Waals surface area contributed by atoms with Crippen molar-refractivity contribution in [1.82, 2.24) is 15.5 Å². The largest absolute Gasteiger partial charge is 0.353 e. The number of carbonyl (C=O) groups excluding carboxylic acids is 1. The Labute approximate surface area is 117 Å². The molecule has 0 radical (unpaired) electrons. The summed E-state index contributed by atoms with van der Waals surface area (Å²) < 4.78 is 0. The van der Waals surface area contributed by atoms with Gasteiger partial charge in [-0.05, 0) is 37.8 Å². The topological polar surface area (TPSA) is 44.4 Å². The van der Waals surface area contributed by atoms with Crippen LogP contribution in [-0.4, -0.2) is 49.6 Å². The van der Waals surface area contributed by atoms with E-state index in [1.54, 1.807) is 0 Å². The normalized spacial score (nSPS) is 24.2. The third kappa shape index (κ3) is 4.18. The molecule has 0 spiro atoms. The number of likely N-dealkylation sites (tertiary alicyclic amines) is 1. The number of hydrogen-bond donors (Lipinski definition) is 2. The molecular weight excluding hydrogens is 238 g/mol. The van der Waals surface area contributed by atoms with Gasteiger partial charge in [-0.15, -0.1) is 0 Å². The Kier molecular flexibility index (Phi) is 5.22. The van der Waals surface area contributed by atoms with Gasteiger partial charge in [-0.2, -0.15) is 0 Å². The molecule has 2 aliphatic heterocycles. The molecule has 0 saturated carbocycles. The van der Waals surface area contributed by atoms with Crippen LogP contribution in [-0.2, 0) is 4.79 Å². The summed E-state index contributed by atoms with van der Waals surface area (Å²) >= 11 is 0. The van der Waals surface area contributed by atoms with E-state index in [4.69, 9.17) is 0 Å². The highest BCUT2D eigenvalue weighted by Gasteiger charge is 2.30. The number of hydrogen-bond acceptors (Lipinski definition) is 3. The van der Waals surface area contributed by atoms with Gasteiger partial charge in [0.2, 0.25) is 5.91 Å². The van der Waals surface area contributed by atoms with Crippen LogP contribution in [0.25, 0.3) is 0 Å². The summed E-state index contributed by atoms with van der Waals surface area (Å²) in [5.74, 6) is 1.70. The van der Waals surface area contributed by atoms with E-state index in [1.165, 1.54) is 6.54 Å². The summed E-state index contributed by atoms with van der Waals surface area (Å²) in [7, 11) is 0. The number of piperidine rings is 1. The van der Waals surface area contributed by atoms with Gasteiger partial charge >= 0.3 is 0 Å². The number of nitrogens with zero attached hydrogens (tertiary/aromatic N) is 1. The number of nitrogens with one attached hydrogen (secondary N) is 2. The average Bonchev–Trinajstić information content (AvgIpc) is 2.28. The van der Waals surface area contributed by atoms with E-state index in [1.807, 2.05) is 0 Å². The first-order valence-corrected chi connectivity index (χ1v) is 7.79. The van der Waals surface area contributed by atoms with Gasteiger partial charge in [-0.25, -0.2) is 0 Å². The highest BCUT2D eigenvalue weighted by atomic mass is 16.1. The summed E-state index contributed by atoms with van der Waals surface area (Å²) in [5.41, 5.74) is 0. The smallest absolute Gasteiger partial charge is 0.223 e. The lowest BCUT2D eigenvalue weighted by Gasteiger charge is -2.36. The van der Waals surface area contributed by atoms with Crippen LogP contribution in [0.15, 0.2) is 0 Å². The van der Waals surface area contributed by atoms with E-state index in [-0.39, 0.29) is 11.8 Å². The molecule has 2 saturated heterocycles. The maximum atomic E-state index is 12.2. The maximum absolute atomic E-state index is 12.2. The van der Waals surface area contributed by atoms with E-state index in [0.29, 0.717) is 12.0 Å². The molecule has 4 nitrogen and oxygen atoms in total. The molecule has 2 N–H and O–H groups in total. The fourth-order valence-corrected chi connectivity index (χ4v) is 2.99. The van der Waals surface area contributed by atoms with E-state index >= 15 is 0 Å². The average molecular weight is 267 g/mol. The lowest BCUT2D eigenvalue weighted by Crippen LogP contribution is -2.52. The van der Waals surface area contributed by atoms with Crippen molar-refractivity contribution in [3.05, 3.63) is 0 Å². The monoisotopic (exact) mass is 267 g/mol. The first kappa shape index (κ1) is 14.8. The molecule has 0 aromatic rings. The Balaban J connectivity index is 1.68. The molecule has 0 aliphatic carbocycles. The minimum absolute atomic E-state index is 0.162. The number of rotatable bonds is 5. The predicted molar refractivity (Wildman–Crippen MR) is 78.0 cm³/mol. The second kappa shape index (κ2) is 6.71. The Morgan fingerprint density at radius 1 is 1.26 bits per heavy atom. The molecule has 2 aliphatic rings. The van der Waals surface area contributed by atoms with Crippen LogP contribution >= 0.6 is 0 Å². The third-order valence-corrected chi connectivity index (χ3v) is 4.49. The lowest BCUT2D eigenvalue weighted by atomic mass is 9.88. The molecule has 19 heavy (non-hydrogen) atoms. The number of amides is 1. The van der Waals surface area contributed by atoms with Crippen LogP contribution < -0.4 is 10.6 Å². The van der Waals surface area contributed by atoms with Gasteiger partial charge in [-0.3, -0.25) is 4.79 Å². The number of carbonyl (C=O) groups is 1. The molecule has 2 heterocycles. The molecule has 1 amide bonds. The lowest BCUT2D eigenvalue weighted by molar-refractivity contribution is -0.127. The first-order valence-electron chi connectivity index (χ1n) is 7.79. The minimum atomic E-state index is 0.162. The van der Waals surface area contributed by atoms with Gasteiger partial charge in [0.15, 0.2) is 0 Å². The van der Waals surface area contributed by atoms with Crippen LogP contribution in [0.5, 0.6) is 0 Å². The molecule has 4 heteroatoms. The zero-order valence-electron chi connectivity index (χ0n) is 12.6. The van der Waals surface area contributed by atoms with Crippen LogP contribution in [0.4, 0.5) is 0 Å². The summed E-state index contributed by atoms with van der Waals surface area (Å²) in [5, 5.41) is 6.49. The van der Waals surface area contributed by atoms with Crippen molar-refractivity contribution < 1.29 is 4.79 Å². The Morgan fingerprint density at radius 2 is 1.89 bits per heavy atom. The fraction of sp³-hybridized carbons (Fsp3) is 0.933.